The van der Waals surface area contributed by atoms with E-state index in [2.05, 4.69) is 0 Å². The van der Waals surface area contributed by atoms with Gasteiger partial charge in [0.2, 0.25) is 0 Å². The van der Waals surface area contributed by atoms with Gasteiger partial charge in [0.25, 0.3) is 0 Å². The molecule has 0 spiro atoms. The van der Waals surface area contributed by atoms with Crippen LogP contribution < -0.4 is 11.5 Å². The van der Waals surface area contributed by atoms with Crippen molar-refractivity contribution in [3.8, 4) is 11.1 Å². The number of anilines is 2. The molecule has 0 heterocycles. The third-order valence-electron chi connectivity index (χ3n) is 2.38. The molecule has 0 saturated heterocycles. The average Bonchev–Trinajstić information content (AvgIpc) is 2.27. The molecule has 0 aliphatic heterocycles. The van der Waals surface area contributed by atoms with Gasteiger partial charge in [-0.2, -0.15) is 0 Å². The van der Waals surface area contributed by atoms with E-state index >= 15 is 0 Å². The first kappa shape index (κ1) is 11.1. The number of nitrogen functional groups attached to an aromatic ring is 2. The lowest BCUT2D eigenvalue weighted by atomic mass is 10.0. The summed E-state index contributed by atoms with van der Waals surface area (Å²) in [6, 6.07) is 10.9. The van der Waals surface area contributed by atoms with Gasteiger partial charge in [-0.15, -0.1) is 0 Å². The van der Waals surface area contributed by atoms with Crippen molar-refractivity contribution in [2.45, 2.75) is 0 Å². The monoisotopic (exact) mass is 252 g/mol. The van der Waals surface area contributed by atoms with E-state index in [1.807, 2.05) is 24.3 Å². The molecule has 4 heteroatoms. The second-order valence-corrected chi connectivity index (χ2v) is 4.20. The van der Waals surface area contributed by atoms with Crippen LogP contribution in [0.25, 0.3) is 11.1 Å². The van der Waals surface area contributed by atoms with Crippen LogP contribution in [0.1, 0.15) is 0 Å². The van der Waals surface area contributed by atoms with Crippen molar-refractivity contribution >= 4 is 34.6 Å². The minimum absolute atomic E-state index is 0.487. The summed E-state index contributed by atoms with van der Waals surface area (Å²) in [5.74, 6) is 0. The summed E-state index contributed by atoms with van der Waals surface area (Å²) in [5, 5.41) is 0.988. The number of hydrogen-bond donors (Lipinski definition) is 2. The molecule has 0 unspecified atom stereocenters. The SMILES string of the molecule is Nc1cccc(-c2cccc(Cl)c2Cl)c1N. The molecule has 0 aliphatic rings. The third-order valence-corrected chi connectivity index (χ3v) is 3.20. The third kappa shape index (κ3) is 1.82. The molecule has 2 rings (SSSR count). The molecule has 0 saturated carbocycles. The first-order chi connectivity index (χ1) is 7.61. The largest absolute Gasteiger partial charge is 0.397 e. The van der Waals surface area contributed by atoms with Crippen molar-refractivity contribution in [2.24, 2.45) is 0 Å². The second-order valence-electron chi connectivity index (χ2n) is 3.41. The van der Waals surface area contributed by atoms with Crippen molar-refractivity contribution in [1.82, 2.24) is 0 Å². The predicted octanol–water partition coefficient (Wildman–Crippen LogP) is 3.82. The Labute approximate surface area is 104 Å². The quantitative estimate of drug-likeness (QED) is 0.759. The topological polar surface area (TPSA) is 52.0 Å². The summed E-state index contributed by atoms with van der Waals surface area (Å²) in [4.78, 5) is 0. The molecule has 0 aromatic heterocycles. The lowest BCUT2D eigenvalue weighted by molar-refractivity contribution is 1.60. The normalized spacial score (nSPS) is 10.4. The Kier molecular flexibility index (Phi) is 2.95. The smallest absolute Gasteiger partial charge is 0.0671 e. The lowest BCUT2D eigenvalue weighted by Crippen LogP contribution is -1.97. The van der Waals surface area contributed by atoms with E-state index in [4.69, 9.17) is 34.7 Å². The Morgan fingerprint density at radius 3 is 2.19 bits per heavy atom. The van der Waals surface area contributed by atoms with Crippen molar-refractivity contribution in [1.29, 1.82) is 0 Å². The Morgan fingerprint density at radius 1 is 0.812 bits per heavy atom. The van der Waals surface area contributed by atoms with E-state index in [1.165, 1.54) is 0 Å². The summed E-state index contributed by atoms with van der Waals surface area (Å²) in [5.41, 5.74) is 14.3. The van der Waals surface area contributed by atoms with E-state index < -0.39 is 0 Å². The average molecular weight is 253 g/mol. The van der Waals surface area contributed by atoms with Crippen LogP contribution in [0.5, 0.6) is 0 Å². The van der Waals surface area contributed by atoms with Gasteiger partial charge in [-0.05, 0) is 12.1 Å². The van der Waals surface area contributed by atoms with Crippen LogP contribution in [-0.2, 0) is 0 Å². The zero-order valence-electron chi connectivity index (χ0n) is 8.37. The van der Waals surface area contributed by atoms with Gasteiger partial charge in [0.15, 0.2) is 0 Å². The van der Waals surface area contributed by atoms with Crippen LogP contribution in [-0.4, -0.2) is 0 Å². The van der Waals surface area contributed by atoms with Gasteiger partial charge >= 0.3 is 0 Å². The van der Waals surface area contributed by atoms with Crippen molar-refractivity contribution in [3.05, 3.63) is 46.4 Å². The number of benzene rings is 2. The lowest BCUT2D eigenvalue weighted by Gasteiger charge is -2.10. The highest BCUT2D eigenvalue weighted by atomic mass is 35.5. The summed E-state index contributed by atoms with van der Waals surface area (Å²) in [6.07, 6.45) is 0. The highest BCUT2D eigenvalue weighted by molar-refractivity contribution is 6.43. The molecule has 0 atom stereocenters. The van der Waals surface area contributed by atoms with Gasteiger partial charge in [0.05, 0.1) is 21.4 Å². The summed E-state index contributed by atoms with van der Waals surface area (Å²) < 4.78 is 0. The fraction of sp³-hybridized carbons (Fsp3) is 0. The molecular weight excluding hydrogens is 243 g/mol. The number of rotatable bonds is 1. The maximum absolute atomic E-state index is 6.12. The second kappa shape index (κ2) is 4.24. The summed E-state index contributed by atoms with van der Waals surface area (Å²) >= 11 is 12.1. The molecule has 0 bridgehead atoms. The van der Waals surface area contributed by atoms with Crippen LogP contribution >= 0.6 is 23.2 Å². The first-order valence-electron chi connectivity index (χ1n) is 4.69. The van der Waals surface area contributed by atoms with E-state index in [-0.39, 0.29) is 0 Å². The zero-order chi connectivity index (χ0) is 11.7. The van der Waals surface area contributed by atoms with Gasteiger partial charge in [-0.25, -0.2) is 0 Å². The van der Waals surface area contributed by atoms with Crippen molar-refractivity contribution in [3.63, 3.8) is 0 Å². The van der Waals surface area contributed by atoms with Crippen molar-refractivity contribution in [2.75, 3.05) is 11.5 Å². The van der Waals surface area contributed by atoms with E-state index in [9.17, 15) is 0 Å². The molecule has 4 N–H and O–H groups in total. The predicted molar refractivity (Wildman–Crippen MR) is 70.7 cm³/mol. The molecule has 82 valence electrons. The molecule has 0 fully saturated rings. The Morgan fingerprint density at radius 2 is 1.44 bits per heavy atom. The molecule has 2 aromatic rings. The Bertz CT molecular complexity index is 489. The molecule has 0 amide bonds. The fourth-order valence-electron chi connectivity index (χ4n) is 1.53. The standard InChI is InChI=1S/C12H10Cl2N2/c13-9-5-1-3-7(11(9)14)8-4-2-6-10(15)12(8)16/h1-6H,15-16H2. The Hall–Kier alpha value is -1.38. The van der Waals surface area contributed by atoms with Crippen LogP contribution in [0.3, 0.4) is 0 Å². The van der Waals surface area contributed by atoms with Crippen LogP contribution in [0.4, 0.5) is 11.4 Å². The molecule has 0 aliphatic carbocycles. The summed E-state index contributed by atoms with van der Waals surface area (Å²) in [7, 11) is 0. The van der Waals surface area contributed by atoms with Crippen LogP contribution in [0.15, 0.2) is 36.4 Å². The molecule has 0 radical (unpaired) electrons. The zero-order valence-corrected chi connectivity index (χ0v) is 9.89. The van der Waals surface area contributed by atoms with E-state index in [1.54, 1.807) is 12.1 Å². The maximum Gasteiger partial charge on any atom is 0.0671 e. The van der Waals surface area contributed by atoms with Gasteiger partial charge in [-0.3, -0.25) is 0 Å². The number of para-hydroxylation sites is 1. The maximum atomic E-state index is 6.12. The highest BCUT2D eigenvalue weighted by Crippen LogP contribution is 2.37. The Balaban J connectivity index is 2.68. The number of nitrogens with two attached hydrogens (primary N) is 2. The van der Waals surface area contributed by atoms with Crippen LogP contribution in [0, 0.1) is 0 Å². The summed E-state index contributed by atoms with van der Waals surface area (Å²) in [6.45, 7) is 0. The number of hydrogen-bond acceptors (Lipinski definition) is 2. The van der Waals surface area contributed by atoms with Gasteiger partial charge < -0.3 is 11.5 Å². The molecule has 2 nitrogen and oxygen atoms in total. The van der Waals surface area contributed by atoms with Crippen molar-refractivity contribution < 1.29 is 0 Å². The molecule has 2 aromatic carbocycles. The van der Waals surface area contributed by atoms with Gasteiger partial charge in [0.1, 0.15) is 0 Å². The minimum atomic E-state index is 0.487. The first-order valence-corrected chi connectivity index (χ1v) is 5.45. The van der Waals surface area contributed by atoms with Gasteiger partial charge in [0, 0.05) is 11.1 Å². The van der Waals surface area contributed by atoms with Crippen LogP contribution in [0.2, 0.25) is 10.0 Å². The van der Waals surface area contributed by atoms with E-state index in [0.29, 0.717) is 21.4 Å². The minimum Gasteiger partial charge on any atom is -0.397 e. The fourth-order valence-corrected chi connectivity index (χ4v) is 1.93. The van der Waals surface area contributed by atoms with E-state index in [0.717, 1.165) is 11.1 Å². The number of halogens is 2. The molecular formula is C12H10Cl2N2. The highest BCUT2D eigenvalue weighted by Gasteiger charge is 2.10. The molecule has 16 heavy (non-hydrogen) atoms. The van der Waals surface area contributed by atoms with Gasteiger partial charge in [-0.1, -0.05) is 47.5 Å².